The van der Waals surface area contributed by atoms with Crippen molar-refractivity contribution in [3.05, 3.63) is 23.8 Å². The van der Waals surface area contributed by atoms with E-state index in [1.807, 2.05) is 0 Å². The number of nitrogens with one attached hydrogen (secondary N) is 3. The molecule has 8 nitrogen and oxygen atoms in total. The molecule has 0 aliphatic carbocycles. The summed E-state index contributed by atoms with van der Waals surface area (Å²) in [5, 5.41) is 9.06. The Kier molecular flexibility index (Phi) is 8.15. The number of rotatable bonds is 7. The van der Waals surface area contributed by atoms with Gasteiger partial charge in [0.05, 0.1) is 12.8 Å². The Morgan fingerprint density at radius 2 is 2.00 bits per heavy atom. The smallest absolute Gasteiger partial charge is 0.322 e. The Balaban J connectivity index is 0.00000261. The molecule has 2 saturated heterocycles. The summed E-state index contributed by atoms with van der Waals surface area (Å²) in [5.74, 6) is 0.450. The van der Waals surface area contributed by atoms with Crippen molar-refractivity contribution in [3.63, 3.8) is 0 Å². The van der Waals surface area contributed by atoms with Crippen molar-refractivity contribution >= 4 is 30.0 Å². The van der Waals surface area contributed by atoms with E-state index in [1.54, 1.807) is 30.2 Å². The number of methoxy groups -OCH3 is 1. The molecule has 0 radical (unpaired) electrons. The third-order valence-electron chi connectivity index (χ3n) is 4.73. The van der Waals surface area contributed by atoms with Gasteiger partial charge in [-0.05, 0) is 31.2 Å². The van der Waals surface area contributed by atoms with Gasteiger partial charge in [-0.15, -0.1) is 12.4 Å². The molecule has 3 amide bonds. The van der Waals surface area contributed by atoms with Gasteiger partial charge in [0.25, 0.3) is 5.91 Å². The Labute approximate surface area is 166 Å². The molecule has 150 valence electrons. The van der Waals surface area contributed by atoms with Crippen molar-refractivity contribution in [2.75, 3.05) is 64.4 Å². The van der Waals surface area contributed by atoms with Gasteiger partial charge in [-0.2, -0.15) is 0 Å². The van der Waals surface area contributed by atoms with Gasteiger partial charge in [-0.1, -0.05) is 0 Å². The number of piperazine rings is 1. The summed E-state index contributed by atoms with van der Waals surface area (Å²) in [6, 6.07) is 5.00. The molecule has 0 bridgehead atoms. The SMILES string of the molecule is COc1ccc(C(=O)NCCCN2CCNCC2)cc1N1CCNC1=O.Cl. The lowest BCUT2D eigenvalue weighted by atomic mass is 10.1. The quantitative estimate of drug-likeness (QED) is 0.589. The summed E-state index contributed by atoms with van der Waals surface area (Å²) in [7, 11) is 1.56. The van der Waals surface area contributed by atoms with E-state index in [2.05, 4.69) is 20.9 Å². The molecule has 2 aliphatic heterocycles. The van der Waals surface area contributed by atoms with Crippen molar-refractivity contribution in [3.8, 4) is 5.75 Å². The van der Waals surface area contributed by atoms with Crippen LogP contribution in [0.3, 0.4) is 0 Å². The highest BCUT2D eigenvalue weighted by molar-refractivity contribution is 5.99. The summed E-state index contributed by atoms with van der Waals surface area (Å²) in [6.45, 7) is 6.96. The highest BCUT2D eigenvalue weighted by Crippen LogP contribution is 2.30. The van der Waals surface area contributed by atoms with Gasteiger partial charge in [0.15, 0.2) is 0 Å². The molecule has 1 aromatic rings. The van der Waals surface area contributed by atoms with Gasteiger partial charge in [-0.25, -0.2) is 4.79 Å². The first-order valence-electron chi connectivity index (χ1n) is 9.13. The number of benzene rings is 1. The van der Waals surface area contributed by atoms with Crippen molar-refractivity contribution in [1.82, 2.24) is 20.9 Å². The number of hydrogen-bond donors (Lipinski definition) is 3. The topological polar surface area (TPSA) is 85.9 Å². The Morgan fingerprint density at radius 1 is 1.22 bits per heavy atom. The first kappa shape index (κ1) is 21.3. The maximum Gasteiger partial charge on any atom is 0.322 e. The molecule has 0 saturated carbocycles. The van der Waals surface area contributed by atoms with Gasteiger partial charge < -0.3 is 25.6 Å². The van der Waals surface area contributed by atoms with Gasteiger partial charge in [0.2, 0.25) is 0 Å². The second kappa shape index (κ2) is 10.3. The van der Waals surface area contributed by atoms with Crippen LogP contribution in [0.25, 0.3) is 0 Å². The average Bonchev–Trinajstić information content (AvgIpc) is 3.11. The van der Waals surface area contributed by atoms with Gasteiger partial charge in [0.1, 0.15) is 5.75 Å². The first-order valence-corrected chi connectivity index (χ1v) is 9.13. The number of hydrogen-bond acceptors (Lipinski definition) is 5. The van der Waals surface area contributed by atoms with Gasteiger partial charge in [0, 0.05) is 51.4 Å². The van der Waals surface area contributed by atoms with E-state index >= 15 is 0 Å². The third-order valence-corrected chi connectivity index (χ3v) is 4.73. The summed E-state index contributed by atoms with van der Waals surface area (Å²) in [5.41, 5.74) is 1.15. The molecule has 2 heterocycles. The fraction of sp³-hybridized carbons (Fsp3) is 0.556. The number of anilines is 1. The number of carbonyl (C=O) groups excluding carboxylic acids is 2. The zero-order chi connectivity index (χ0) is 18.4. The van der Waals surface area contributed by atoms with Crippen LogP contribution in [0.4, 0.5) is 10.5 Å². The van der Waals surface area contributed by atoms with Crippen LogP contribution in [0.1, 0.15) is 16.8 Å². The molecule has 0 spiro atoms. The average molecular weight is 398 g/mol. The van der Waals surface area contributed by atoms with E-state index in [-0.39, 0.29) is 24.3 Å². The van der Waals surface area contributed by atoms with E-state index in [0.717, 1.165) is 39.1 Å². The summed E-state index contributed by atoms with van der Waals surface area (Å²) >= 11 is 0. The third kappa shape index (κ3) is 5.47. The number of carbonyl (C=O) groups is 2. The minimum Gasteiger partial charge on any atom is -0.495 e. The molecule has 9 heteroatoms. The van der Waals surface area contributed by atoms with E-state index in [4.69, 9.17) is 4.74 Å². The second-order valence-electron chi connectivity index (χ2n) is 6.47. The van der Waals surface area contributed by atoms with Crippen LogP contribution in [-0.2, 0) is 0 Å². The molecule has 0 atom stereocenters. The molecular weight excluding hydrogens is 370 g/mol. The normalized spacial score (nSPS) is 17.2. The fourth-order valence-corrected chi connectivity index (χ4v) is 3.29. The summed E-state index contributed by atoms with van der Waals surface area (Å²) in [4.78, 5) is 28.4. The van der Waals surface area contributed by atoms with Crippen LogP contribution < -0.4 is 25.6 Å². The fourth-order valence-electron chi connectivity index (χ4n) is 3.29. The molecule has 1 aromatic carbocycles. The Hall–Kier alpha value is -2.03. The number of nitrogens with zero attached hydrogens (tertiary/aromatic N) is 2. The van der Waals surface area contributed by atoms with E-state index < -0.39 is 0 Å². The largest absolute Gasteiger partial charge is 0.495 e. The monoisotopic (exact) mass is 397 g/mol. The lowest BCUT2D eigenvalue weighted by Gasteiger charge is -2.27. The van der Waals surface area contributed by atoms with E-state index in [0.29, 0.717) is 36.6 Å². The molecular formula is C18H28ClN5O3. The van der Waals surface area contributed by atoms with Gasteiger partial charge in [-0.3, -0.25) is 9.69 Å². The predicted octanol–water partition coefficient (Wildman–Crippen LogP) is 0.672. The number of urea groups is 1. The van der Waals surface area contributed by atoms with Crippen LogP contribution in [0.2, 0.25) is 0 Å². The maximum atomic E-state index is 12.4. The molecule has 2 fully saturated rings. The lowest BCUT2D eigenvalue weighted by molar-refractivity contribution is 0.0951. The highest BCUT2D eigenvalue weighted by atomic mass is 35.5. The molecule has 0 unspecified atom stereocenters. The number of ether oxygens (including phenoxy) is 1. The molecule has 3 N–H and O–H groups in total. The Morgan fingerprint density at radius 3 is 2.67 bits per heavy atom. The standard InChI is InChI=1S/C18H27N5O3.ClH/c1-26-16-4-3-14(13-15(16)23-12-8-21-18(23)25)17(24)20-5-2-9-22-10-6-19-7-11-22;/h3-4,13,19H,2,5-12H2,1H3,(H,20,24)(H,21,25);1H. The number of halogens is 1. The predicted molar refractivity (Wildman–Crippen MR) is 107 cm³/mol. The van der Waals surface area contributed by atoms with Crippen LogP contribution >= 0.6 is 12.4 Å². The number of amides is 3. The Bertz CT molecular complexity index is 652. The maximum absolute atomic E-state index is 12.4. The molecule has 3 rings (SSSR count). The van der Waals surface area contributed by atoms with Crippen molar-refractivity contribution < 1.29 is 14.3 Å². The van der Waals surface area contributed by atoms with E-state index in [1.165, 1.54) is 0 Å². The zero-order valence-corrected chi connectivity index (χ0v) is 16.4. The van der Waals surface area contributed by atoms with Crippen LogP contribution in [0.15, 0.2) is 18.2 Å². The zero-order valence-electron chi connectivity index (χ0n) is 15.6. The minimum absolute atomic E-state index is 0. The van der Waals surface area contributed by atoms with Gasteiger partial charge >= 0.3 is 6.03 Å². The summed E-state index contributed by atoms with van der Waals surface area (Å²) in [6.07, 6.45) is 0.920. The van der Waals surface area contributed by atoms with Crippen LogP contribution in [0, 0.1) is 0 Å². The molecule has 0 aromatic heterocycles. The first-order chi connectivity index (χ1) is 12.7. The minimum atomic E-state index is -0.170. The van der Waals surface area contributed by atoms with Crippen molar-refractivity contribution in [2.45, 2.75) is 6.42 Å². The highest BCUT2D eigenvalue weighted by Gasteiger charge is 2.25. The van der Waals surface area contributed by atoms with Crippen molar-refractivity contribution in [1.29, 1.82) is 0 Å². The van der Waals surface area contributed by atoms with Crippen LogP contribution in [-0.4, -0.2) is 76.3 Å². The van der Waals surface area contributed by atoms with E-state index in [9.17, 15) is 9.59 Å². The lowest BCUT2D eigenvalue weighted by Crippen LogP contribution is -2.44. The van der Waals surface area contributed by atoms with Crippen molar-refractivity contribution in [2.24, 2.45) is 0 Å². The second-order valence-corrected chi connectivity index (χ2v) is 6.47. The summed E-state index contributed by atoms with van der Waals surface area (Å²) < 4.78 is 5.34. The molecule has 27 heavy (non-hydrogen) atoms. The van der Waals surface area contributed by atoms with Crippen LogP contribution in [0.5, 0.6) is 5.75 Å². The molecule has 2 aliphatic rings.